The van der Waals surface area contributed by atoms with E-state index in [1.54, 1.807) is 6.07 Å². The second kappa shape index (κ2) is 5.50. The first kappa shape index (κ1) is 11.7. The Hall–Kier alpha value is -1.36. The van der Waals surface area contributed by atoms with Crippen LogP contribution in [0.4, 0.5) is 5.82 Å². The highest BCUT2D eigenvalue weighted by atomic mass is 16.5. The lowest BCUT2D eigenvalue weighted by atomic mass is 10.3. The Morgan fingerprint density at radius 1 is 1.40 bits per heavy atom. The molecular weight excluding hydrogens is 192 g/mol. The van der Waals surface area contributed by atoms with Gasteiger partial charge in [0.15, 0.2) is 0 Å². The van der Waals surface area contributed by atoms with Crippen LogP contribution in [0.15, 0.2) is 12.4 Å². The fourth-order valence-corrected chi connectivity index (χ4v) is 1.01. The minimum Gasteiger partial charge on any atom is -0.475 e. The lowest BCUT2D eigenvalue weighted by molar-refractivity contribution is 0.232. The third kappa shape index (κ3) is 4.60. The molecule has 15 heavy (non-hydrogen) atoms. The van der Waals surface area contributed by atoms with Crippen molar-refractivity contribution in [3.8, 4) is 5.88 Å². The molecule has 84 valence electrons. The zero-order valence-electron chi connectivity index (χ0n) is 9.40. The molecule has 5 nitrogen and oxygen atoms in total. The van der Waals surface area contributed by atoms with Crippen molar-refractivity contribution in [2.45, 2.75) is 32.9 Å². The highest BCUT2D eigenvalue weighted by Gasteiger charge is 2.02. The average Bonchev–Trinajstić information content (AvgIpc) is 2.14. The number of nitrogens with zero attached hydrogens (tertiary/aromatic N) is 2. The summed E-state index contributed by atoms with van der Waals surface area (Å²) in [4.78, 5) is 8.06. The highest BCUT2D eigenvalue weighted by Crippen LogP contribution is 2.12. The number of hydrogen-bond donors (Lipinski definition) is 2. The Bertz CT molecular complexity index is 301. The molecule has 1 aromatic heterocycles. The molecule has 5 heteroatoms. The first-order valence-corrected chi connectivity index (χ1v) is 5.06. The molecule has 3 N–H and O–H groups in total. The average molecular weight is 210 g/mol. The Morgan fingerprint density at radius 3 is 2.73 bits per heavy atom. The SMILES string of the molecule is CC(N)CNc1cc(OC(C)C)ncn1. The minimum atomic E-state index is 0.0921. The van der Waals surface area contributed by atoms with Gasteiger partial charge in [-0.15, -0.1) is 0 Å². The van der Waals surface area contributed by atoms with Crippen LogP contribution in [0, 0.1) is 0 Å². The molecule has 0 amide bonds. The normalized spacial score (nSPS) is 12.6. The van der Waals surface area contributed by atoms with Crippen molar-refractivity contribution in [3.05, 3.63) is 12.4 Å². The summed E-state index contributed by atoms with van der Waals surface area (Å²) in [6.45, 7) is 6.52. The summed E-state index contributed by atoms with van der Waals surface area (Å²) in [7, 11) is 0. The first-order chi connectivity index (χ1) is 7.08. The number of rotatable bonds is 5. The van der Waals surface area contributed by atoms with E-state index in [1.807, 2.05) is 20.8 Å². The summed E-state index contributed by atoms with van der Waals surface area (Å²) >= 11 is 0. The van der Waals surface area contributed by atoms with E-state index in [4.69, 9.17) is 10.5 Å². The van der Waals surface area contributed by atoms with Gasteiger partial charge >= 0.3 is 0 Å². The van der Waals surface area contributed by atoms with Crippen LogP contribution in [-0.4, -0.2) is 28.7 Å². The van der Waals surface area contributed by atoms with Crippen molar-refractivity contribution in [1.29, 1.82) is 0 Å². The second-order valence-corrected chi connectivity index (χ2v) is 3.77. The second-order valence-electron chi connectivity index (χ2n) is 3.77. The van der Waals surface area contributed by atoms with Crippen LogP contribution in [0.25, 0.3) is 0 Å². The van der Waals surface area contributed by atoms with E-state index in [1.165, 1.54) is 6.33 Å². The largest absolute Gasteiger partial charge is 0.475 e. The number of aromatic nitrogens is 2. The Labute approximate surface area is 90.1 Å². The Morgan fingerprint density at radius 2 is 2.13 bits per heavy atom. The van der Waals surface area contributed by atoms with Crippen LogP contribution in [0.3, 0.4) is 0 Å². The number of ether oxygens (including phenoxy) is 1. The van der Waals surface area contributed by atoms with Gasteiger partial charge in [0, 0.05) is 18.7 Å². The number of nitrogens with one attached hydrogen (secondary N) is 1. The lowest BCUT2D eigenvalue weighted by Crippen LogP contribution is -2.25. The monoisotopic (exact) mass is 210 g/mol. The van der Waals surface area contributed by atoms with E-state index in [9.17, 15) is 0 Å². The topological polar surface area (TPSA) is 73.1 Å². The molecule has 1 rings (SSSR count). The van der Waals surface area contributed by atoms with Gasteiger partial charge in [0.1, 0.15) is 12.1 Å². The minimum absolute atomic E-state index is 0.0921. The van der Waals surface area contributed by atoms with Crippen molar-refractivity contribution in [2.24, 2.45) is 5.73 Å². The van der Waals surface area contributed by atoms with Crippen molar-refractivity contribution in [2.75, 3.05) is 11.9 Å². The lowest BCUT2D eigenvalue weighted by Gasteiger charge is -2.11. The zero-order chi connectivity index (χ0) is 11.3. The molecule has 0 radical (unpaired) electrons. The van der Waals surface area contributed by atoms with Gasteiger partial charge in [0.25, 0.3) is 0 Å². The third-order valence-electron chi connectivity index (χ3n) is 1.60. The van der Waals surface area contributed by atoms with E-state index < -0.39 is 0 Å². The van der Waals surface area contributed by atoms with Gasteiger partial charge in [0.2, 0.25) is 5.88 Å². The van der Waals surface area contributed by atoms with Crippen LogP contribution in [0.5, 0.6) is 5.88 Å². The van der Waals surface area contributed by atoms with Crippen LogP contribution < -0.4 is 15.8 Å². The Balaban J connectivity index is 2.57. The molecule has 1 heterocycles. The third-order valence-corrected chi connectivity index (χ3v) is 1.60. The molecule has 0 bridgehead atoms. The number of nitrogens with two attached hydrogens (primary N) is 1. The fourth-order valence-electron chi connectivity index (χ4n) is 1.01. The van der Waals surface area contributed by atoms with E-state index in [0.29, 0.717) is 12.4 Å². The summed E-state index contributed by atoms with van der Waals surface area (Å²) in [5.41, 5.74) is 5.62. The molecule has 0 fully saturated rings. The van der Waals surface area contributed by atoms with Crippen molar-refractivity contribution in [1.82, 2.24) is 9.97 Å². The van der Waals surface area contributed by atoms with Gasteiger partial charge in [-0.2, -0.15) is 0 Å². The molecular formula is C10H18N4O. The molecule has 0 spiro atoms. The van der Waals surface area contributed by atoms with Crippen LogP contribution in [0.1, 0.15) is 20.8 Å². The predicted octanol–water partition coefficient (Wildman–Crippen LogP) is 1.02. The predicted molar refractivity (Wildman–Crippen MR) is 59.9 cm³/mol. The summed E-state index contributed by atoms with van der Waals surface area (Å²) < 4.78 is 5.44. The highest BCUT2D eigenvalue weighted by molar-refractivity contribution is 5.37. The smallest absolute Gasteiger partial charge is 0.218 e. The van der Waals surface area contributed by atoms with Crippen LogP contribution >= 0.6 is 0 Å². The van der Waals surface area contributed by atoms with E-state index in [0.717, 1.165) is 5.82 Å². The molecule has 1 aromatic rings. The van der Waals surface area contributed by atoms with Gasteiger partial charge in [-0.25, -0.2) is 9.97 Å². The molecule has 0 saturated heterocycles. The van der Waals surface area contributed by atoms with Crippen LogP contribution in [-0.2, 0) is 0 Å². The number of hydrogen-bond acceptors (Lipinski definition) is 5. The fraction of sp³-hybridized carbons (Fsp3) is 0.600. The standard InChI is InChI=1S/C10H18N4O/c1-7(2)15-10-4-9(13-6-14-10)12-5-8(3)11/h4,6-8H,5,11H2,1-3H3,(H,12,13,14). The first-order valence-electron chi connectivity index (χ1n) is 5.06. The summed E-state index contributed by atoms with van der Waals surface area (Å²) in [6, 6.07) is 1.86. The van der Waals surface area contributed by atoms with Gasteiger partial charge in [-0.3, -0.25) is 0 Å². The summed E-state index contributed by atoms with van der Waals surface area (Å²) in [6.07, 6.45) is 1.59. The van der Waals surface area contributed by atoms with E-state index in [-0.39, 0.29) is 12.1 Å². The molecule has 1 unspecified atom stereocenters. The van der Waals surface area contributed by atoms with Gasteiger partial charge in [-0.05, 0) is 20.8 Å². The Kier molecular flexibility index (Phi) is 4.30. The molecule has 0 aromatic carbocycles. The molecule has 0 aliphatic carbocycles. The van der Waals surface area contributed by atoms with Crippen molar-refractivity contribution < 1.29 is 4.74 Å². The van der Waals surface area contributed by atoms with Gasteiger partial charge in [0.05, 0.1) is 6.10 Å². The van der Waals surface area contributed by atoms with E-state index >= 15 is 0 Å². The summed E-state index contributed by atoms with van der Waals surface area (Å²) in [5.74, 6) is 1.31. The zero-order valence-corrected chi connectivity index (χ0v) is 9.40. The maximum absolute atomic E-state index is 5.62. The van der Waals surface area contributed by atoms with E-state index in [2.05, 4.69) is 15.3 Å². The maximum atomic E-state index is 5.62. The van der Waals surface area contributed by atoms with Gasteiger partial charge in [-0.1, -0.05) is 0 Å². The molecule has 0 aliphatic rings. The molecule has 1 atom stereocenters. The van der Waals surface area contributed by atoms with Crippen LogP contribution in [0.2, 0.25) is 0 Å². The van der Waals surface area contributed by atoms with Gasteiger partial charge < -0.3 is 15.8 Å². The quantitative estimate of drug-likeness (QED) is 0.759. The molecule has 0 aliphatic heterocycles. The summed E-state index contributed by atoms with van der Waals surface area (Å²) in [5, 5.41) is 3.10. The van der Waals surface area contributed by atoms with Crippen molar-refractivity contribution >= 4 is 5.82 Å². The maximum Gasteiger partial charge on any atom is 0.218 e. The van der Waals surface area contributed by atoms with Crippen molar-refractivity contribution in [3.63, 3.8) is 0 Å². The number of anilines is 1. The molecule has 0 saturated carbocycles.